The van der Waals surface area contributed by atoms with Gasteiger partial charge in [-0.2, -0.15) is 0 Å². The largest absolute Gasteiger partial charge is 0.481 e. The van der Waals surface area contributed by atoms with Gasteiger partial charge >= 0.3 is 5.97 Å². The average molecular weight is 258 g/mol. The smallest absolute Gasteiger partial charge is 0.308 e. The van der Waals surface area contributed by atoms with Crippen LogP contribution in [0.1, 0.15) is 11.5 Å². The van der Waals surface area contributed by atoms with Crippen LogP contribution in [0, 0.1) is 11.7 Å². The highest BCUT2D eigenvalue weighted by Crippen LogP contribution is 2.37. The summed E-state index contributed by atoms with van der Waals surface area (Å²) in [5.74, 6) is -2.32. The van der Waals surface area contributed by atoms with Gasteiger partial charge in [0.15, 0.2) is 0 Å². The number of aliphatic carboxylic acids is 1. The summed E-state index contributed by atoms with van der Waals surface area (Å²) in [6.45, 7) is 0.933. The molecule has 2 atom stereocenters. The Kier molecular flexibility index (Phi) is 3.35. The number of nitrogens with zero attached hydrogens (tertiary/aromatic N) is 1. The number of carboxylic acid groups (broad SMARTS) is 1. The highest BCUT2D eigenvalue weighted by atomic mass is 35.5. The Labute approximate surface area is 104 Å². The molecule has 1 N–H and O–H groups in total. The highest BCUT2D eigenvalue weighted by molar-refractivity contribution is 6.31. The predicted octanol–water partition coefficient (Wildman–Crippen LogP) is 2.21. The number of halogens is 2. The van der Waals surface area contributed by atoms with Crippen LogP contribution in [0.5, 0.6) is 0 Å². The Hall–Kier alpha value is -1.13. The molecule has 2 rings (SSSR count). The molecule has 92 valence electrons. The van der Waals surface area contributed by atoms with E-state index in [0.717, 1.165) is 0 Å². The lowest BCUT2D eigenvalue weighted by atomic mass is 9.88. The molecule has 0 amide bonds. The second-order valence-corrected chi connectivity index (χ2v) is 4.81. The van der Waals surface area contributed by atoms with E-state index in [4.69, 9.17) is 16.7 Å². The zero-order chi connectivity index (χ0) is 12.6. The van der Waals surface area contributed by atoms with Crippen LogP contribution in [-0.4, -0.2) is 36.1 Å². The normalized spacial score (nSPS) is 25.1. The molecule has 0 saturated carbocycles. The van der Waals surface area contributed by atoms with Crippen LogP contribution in [0.3, 0.4) is 0 Å². The summed E-state index contributed by atoms with van der Waals surface area (Å²) in [7, 11) is 1.82. The molecule has 1 aliphatic heterocycles. The molecule has 0 unspecified atom stereocenters. The first kappa shape index (κ1) is 12.3. The van der Waals surface area contributed by atoms with Gasteiger partial charge in [0.05, 0.1) is 5.92 Å². The summed E-state index contributed by atoms with van der Waals surface area (Å²) in [6, 6.07) is 4.44. The van der Waals surface area contributed by atoms with Gasteiger partial charge in [0, 0.05) is 29.6 Å². The lowest BCUT2D eigenvalue weighted by molar-refractivity contribution is -0.141. The molecule has 0 aliphatic carbocycles. The minimum atomic E-state index is -0.904. The molecule has 0 spiro atoms. The summed E-state index contributed by atoms with van der Waals surface area (Å²) in [6.07, 6.45) is 0. The molecule has 1 heterocycles. The zero-order valence-electron chi connectivity index (χ0n) is 9.36. The van der Waals surface area contributed by atoms with Crippen molar-refractivity contribution >= 4 is 17.6 Å². The molecule has 17 heavy (non-hydrogen) atoms. The summed E-state index contributed by atoms with van der Waals surface area (Å²) >= 11 is 5.98. The first-order valence-corrected chi connectivity index (χ1v) is 5.73. The van der Waals surface area contributed by atoms with Gasteiger partial charge in [-0.25, -0.2) is 4.39 Å². The van der Waals surface area contributed by atoms with Crippen LogP contribution >= 0.6 is 11.6 Å². The molecule has 5 heteroatoms. The maximum absolute atomic E-state index is 13.8. The van der Waals surface area contributed by atoms with E-state index in [1.54, 1.807) is 6.07 Å². The van der Waals surface area contributed by atoms with Crippen molar-refractivity contribution in [1.29, 1.82) is 0 Å². The Bertz CT molecular complexity index is 432. The molecule has 1 aliphatic rings. The van der Waals surface area contributed by atoms with Gasteiger partial charge in [0.1, 0.15) is 5.82 Å². The highest BCUT2D eigenvalue weighted by Gasteiger charge is 2.39. The van der Waals surface area contributed by atoms with Crippen molar-refractivity contribution in [2.45, 2.75) is 5.92 Å². The van der Waals surface area contributed by atoms with E-state index < -0.39 is 17.7 Å². The number of hydrogen-bond acceptors (Lipinski definition) is 2. The topological polar surface area (TPSA) is 40.5 Å². The van der Waals surface area contributed by atoms with Crippen LogP contribution in [0.4, 0.5) is 4.39 Å². The minimum absolute atomic E-state index is 0.302. The molecular weight excluding hydrogens is 245 g/mol. The maximum Gasteiger partial charge on any atom is 0.308 e. The average Bonchev–Trinajstić information content (AvgIpc) is 2.60. The fraction of sp³-hybridized carbons (Fsp3) is 0.417. The lowest BCUT2D eigenvalue weighted by Gasteiger charge is -2.17. The van der Waals surface area contributed by atoms with Gasteiger partial charge in [-0.1, -0.05) is 17.7 Å². The molecule has 0 radical (unpaired) electrons. The summed E-state index contributed by atoms with van der Waals surface area (Å²) in [5, 5.41) is 9.45. The fourth-order valence-corrected chi connectivity index (χ4v) is 2.71. The third-order valence-electron chi connectivity index (χ3n) is 3.19. The Morgan fingerprint density at radius 1 is 1.53 bits per heavy atom. The van der Waals surface area contributed by atoms with Crippen LogP contribution < -0.4 is 0 Å². The fourth-order valence-electron chi connectivity index (χ4n) is 2.41. The van der Waals surface area contributed by atoms with E-state index in [1.807, 2.05) is 11.9 Å². The Morgan fingerprint density at radius 3 is 2.82 bits per heavy atom. The first-order chi connectivity index (χ1) is 8.00. The van der Waals surface area contributed by atoms with Crippen molar-refractivity contribution < 1.29 is 14.3 Å². The zero-order valence-corrected chi connectivity index (χ0v) is 10.1. The van der Waals surface area contributed by atoms with Gasteiger partial charge in [-0.05, 0) is 19.2 Å². The Morgan fingerprint density at radius 2 is 2.24 bits per heavy atom. The van der Waals surface area contributed by atoms with E-state index >= 15 is 0 Å². The Balaban J connectivity index is 2.41. The van der Waals surface area contributed by atoms with Gasteiger partial charge in [-0.15, -0.1) is 0 Å². The molecule has 1 aromatic carbocycles. The quantitative estimate of drug-likeness (QED) is 0.883. The van der Waals surface area contributed by atoms with Gasteiger partial charge < -0.3 is 10.0 Å². The number of hydrogen-bond donors (Lipinski definition) is 1. The SMILES string of the molecule is CN1C[C@H](C(=O)O)[C@H](c2c(F)cccc2Cl)C1. The number of carbonyl (C=O) groups is 1. The van der Waals surface area contributed by atoms with Crippen molar-refractivity contribution in [3.05, 3.63) is 34.6 Å². The van der Waals surface area contributed by atoms with Crippen LogP contribution in [0.2, 0.25) is 5.02 Å². The van der Waals surface area contributed by atoms with Crippen molar-refractivity contribution in [3.63, 3.8) is 0 Å². The molecule has 1 saturated heterocycles. The van der Waals surface area contributed by atoms with E-state index in [2.05, 4.69) is 0 Å². The van der Waals surface area contributed by atoms with Crippen molar-refractivity contribution in [2.75, 3.05) is 20.1 Å². The van der Waals surface area contributed by atoms with Crippen LogP contribution in [0.25, 0.3) is 0 Å². The van der Waals surface area contributed by atoms with E-state index in [-0.39, 0.29) is 5.92 Å². The van der Waals surface area contributed by atoms with Gasteiger partial charge in [-0.3, -0.25) is 4.79 Å². The number of carboxylic acids is 1. The van der Waals surface area contributed by atoms with Crippen LogP contribution in [0.15, 0.2) is 18.2 Å². The predicted molar refractivity (Wildman–Crippen MR) is 62.8 cm³/mol. The molecule has 0 aromatic heterocycles. The van der Waals surface area contributed by atoms with Crippen molar-refractivity contribution in [2.24, 2.45) is 5.92 Å². The first-order valence-electron chi connectivity index (χ1n) is 5.36. The van der Waals surface area contributed by atoms with Crippen LogP contribution in [-0.2, 0) is 4.79 Å². The molecule has 3 nitrogen and oxygen atoms in total. The number of benzene rings is 1. The lowest BCUT2D eigenvalue weighted by Crippen LogP contribution is -2.22. The van der Waals surface area contributed by atoms with Gasteiger partial charge in [0.25, 0.3) is 0 Å². The molecule has 1 fully saturated rings. The summed E-state index contributed by atoms with van der Waals surface area (Å²) in [4.78, 5) is 13.0. The number of likely N-dealkylation sites (tertiary alicyclic amines) is 1. The summed E-state index contributed by atoms with van der Waals surface area (Å²) in [5.41, 5.74) is 0.325. The minimum Gasteiger partial charge on any atom is -0.481 e. The van der Waals surface area contributed by atoms with E-state index in [9.17, 15) is 9.18 Å². The third-order valence-corrected chi connectivity index (χ3v) is 3.52. The number of rotatable bonds is 2. The van der Waals surface area contributed by atoms with Crippen molar-refractivity contribution in [3.8, 4) is 0 Å². The monoisotopic (exact) mass is 257 g/mol. The van der Waals surface area contributed by atoms with Gasteiger partial charge in [0.2, 0.25) is 0 Å². The molecular formula is C12H13ClFNO2. The second kappa shape index (κ2) is 4.63. The van der Waals surface area contributed by atoms with Crippen molar-refractivity contribution in [1.82, 2.24) is 4.90 Å². The summed E-state index contributed by atoms with van der Waals surface area (Å²) < 4.78 is 13.8. The maximum atomic E-state index is 13.8. The molecule has 1 aromatic rings. The second-order valence-electron chi connectivity index (χ2n) is 4.41. The molecule has 0 bridgehead atoms. The third kappa shape index (κ3) is 2.28. The van der Waals surface area contributed by atoms with E-state index in [1.165, 1.54) is 12.1 Å². The van der Waals surface area contributed by atoms with E-state index in [0.29, 0.717) is 23.7 Å². The number of likely N-dealkylation sites (N-methyl/N-ethyl adjacent to an activating group) is 1. The standard InChI is InChI=1S/C12H13ClFNO2/c1-15-5-7(8(6-15)12(16)17)11-9(13)3-2-4-10(11)14/h2-4,7-8H,5-6H2,1H3,(H,16,17)/t7-,8+/m1/s1.